The second-order valence-electron chi connectivity index (χ2n) is 3.35. The third-order valence-corrected chi connectivity index (χ3v) is 1.68. The van der Waals surface area contributed by atoms with E-state index in [0.717, 1.165) is 0 Å². The van der Waals surface area contributed by atoms with Gasteiger partial charge in [0.15, 0.2) is 0 Å². The standard InChI is InChI=1S/C8H15N3O4/c1-5(7(13)14)3-11(2)4-6(12)10-8(9)15/h5H,3-4H2,1-2H3,(H,13,14)(H3,9,10,12,15). The maximum atomic E-state index is 11.0. The normalized spacial score (nSPS) is 12.2. The summed E-state index contributed by atoms with van der Waals surface area (Å²) >= 11 is 0. The van der Waals surface area contributed by atoms with Crippen molar-refractivity contribution in [1.29, 1.82) is 0 Å². The molecule has 4 N–H and O–H groups in total. The van der Waals surface area contributed by atoms with Crippen molar-refractivity contribution < 1.29 is 19.5 Å². The van der Waals surface area contributed by atoms with Crippen LogP contribution >= 0.6 is 0 Å². The molecule has 0 aliphatic carbocycles. The average Bonchev–Trinajstić information content (AvgIpc) is 2.00. The maximum absolute atomic E-state index is 11.0. The monoisotopic (exact) mass is 217 g/mol. The molecule has 1 unspecified atom stereocenters. The summed E-state index contributed by atoms with van der Waals surface area (Å²) in [5, 5.41) is 10.5. The number of nitrogens with one attached hydrogen (secondary N) is 1. The summed E-state index contributed by atoms with van der Waals surface area (Å²) < 4.78 is 0. The number of imide groups is 1. The lowest BCUT2D eigenvalue weighted by molar-refractivity contribution is -0.142. The molecule has 0 aromatic carbocycles. The Morgan fingerprint density at radius 2 is 2.00 bits per heavy atom. The van der Waals surface area contributed by atoms with E-state index >= 15 is 0 Å². The number of aliphatic carboxylic acids is 1. The maximum Gasteiger partial charge on any atom is 0.318 e. The van der Waals surface area contributed by atoms with Crippen molar-refractivity contribution in [2.24, 2.45) is 11.7 Å². The zero-order valence-corrected chi connectivity index (χ0v) is 8.69. The van der Waals surface area contributed by atoms with Crippen LogP contribution in [0.15, 0.2) is 0 Å². The Morgan fingerprint density at radius 3 is 2.40 bits per heavy atom. The van der Waals surface area contributed by atoms with Gasteiger partial charge in [-0.05, 0) is 7.05 Å². The molecule has 3 amide bonds. The molecule has 0 saturated heterocycles. The van der Waals surface area contributed by atoms with E-state index in [1.54, 1.807) is 7.05 Å². The van der Waals surface area contributed by atoms with Crippen LogP contribution in [0.3, 0.4) is 0 Å². The van der Waals surface area contributed by atoms with Crippen LogP contribution in [0, 0.1) is 5.92 Å². The Bertz CT molecular complexity index is 267. The number of hydrogen-bond acceptors (Lipinski definition) is 4. The smallest absolute Gasteiger partial charge is 0.318 e. The van der Waals surface area contributed by atoms with Gasteiger partial charge in [-0.1, -0.05) is 6.92 Å². The van der Waals surface area contributed by atoms with Gasteiger partial charge in [0.1, 0.15) is 0 Å². The minimum absolute atomic E-state index is 0.0689. The average molecular weight is 217 g/mol. The SMILES string of the molecule is CC(CN(C)CC(=O)NC(N)=O)C(=O)O. The van der Waals surface area contributed by atoms with Crippen molar-refractivity contribution in [3.05, 3.63) is 0 Å². The van der Waals surface area contributed by atoms with Crippen LogP contribution in [0.1, 0.15) is 6.92 Å². The first kappa shape index (κ1) is 13.4. The number of carboxylic acids is 1. The first-order valence-electron chi connectivity index (χ1n) is 4.33. The van der Waals surface area contributed by atoms with E-state index in [1.165, 1.54) is 11.8 Å². The molecule has 7 nitrogen and oxygen atoms in total. The highest BCUT2D eigenvalue weighted by molar-refractivity contribution is 5.94. The van der Waals surface area contributed by atoms with E-state index in [4.69, 9.17) is 10.8 Å². The van der Waals surface area contributed by atoms with Crippen LogP contribution in [0.2, 0.25) is 0 Å². The van der Waals surface area contributed by atoms with Crippen LogP contribution in [0.5, 0.6) is 0 Å². The zero-order valence-electron chi connectivity index (χ0n) is 8.69. The number of likely N-dealkylation sites (N-methyl/N-ethyl adjacent to an activating group) is 1. The predicted octanol–water partition coefficient (Wildman–Crippen LogP) is -1.17. The minimum atomic E-state index is -0.933. The molecule has 0 aliphatic heterocycles. The number of carbonyl (C=O) groups excluding carboxylic acids is 2. The lowest BCUT2D eigenvalue weighted by Gasteiger charge is -2.17. The Kier molecular flexibility index (Phi) is 5.32. The summed E-state index contributed by atoms with van der Waals surface area (Å²) in [5.41, 5.74) is 4.74. The van der Waals surface area contributed by atoms with Crippen molar-refractivity contribution in [1.82, 2.24) is 10.2 Å². The summed E-state index contributed by atoms with van der Waals surface area (Å²) in [4.78, 5) is 33.3. The quantitative estimate of drug-likeness (QED) is 0.537. The molecular formula is C8H15N3O4. The van der Waals surface area contributed by atoms with Crippen molar-refractivity contribution >= 4 is 17.9 Å². The van der Waals surface area contributed by atoms with Crippen LogP contribution in [0.4, 0.5) is 4.79 Å². The summed E-state index contributed by atoms with van der Waals surface area (Å²) in [6, 6.07) is -0.917. The molecule has 0 aromatic rings. The van der Waals surface area contributed by atoms with Gasteiger partial charge >= 0.3 is 12.0 Å². The molecule has 0 heterocycles. The number of nitrogens with zero attached hydrogens (tertiary/aromatic N) is 1. The number of rotatable bonds is 5. The fraction of sp³-hybridized carbons (Fsp3) is 0.625. The van der Waals surface area contributed by atoms with Crippen LogP contribution in [-0.4, -0.2) is 48.1 Å². The van der Waals surface area contributed by atoms with Crippen molar-refractivity contribution in [2.75, 3.05) is 20.1 Å². The van der Waals surface area contributed by atoms with Crippen LogP contribution in [-0.2, 0) is 9.59 Å². The Hall–Kier alpha value is -1.63. The second-order valence-corrected chi connectivity index (χ2v) is 3.35. The first-order chi connectivity index (χ1) is 6.82. The van der Waals surface area contributed by atoms with Gasteiger partial charge in [-0.25, -0.2) is 4.79 Å². The van der Waals surface area contributed by atoms with Crippen molar-refractivity contribution in [3.8, 4) is 0 Å². The largest absolute Gasteiger partial charge is 0.481 e. The highest BCUT2D eigenvalue weighted by Crippen LogP contribution is 1.97. The molecule has 0 bridgehead atoms. The number of carbonyl (C=O) groups is 3. The summed E-state index contributed by atoms with van der Waals surface area (Å²) in [7, 11) is 1.58. The van der Waals surface area contributed by atoms with Gasteiger partial charge < -0.3 is 10.8 Å². The molecule has 7 heteroatoms. The lowest BCUT2D eigenvalue weighted by Crippen LogP contribution is -2.42. The van der Waals surface area contributed by atoms with E-state index in [-0.39, 0.29) is 13.1 Å². The number of carboxylic acid groups (broad SMARTS) is 1. The highest BCUT2D eigenvalue weighted by Gasteiger charge is 2.15. The molecule has 0 aromatic heterocycles. The van der Waals surface area contributed by atoms with Gasteiger partial charge in [0.2, 0.25) is 5.91 Å². The molecule has 1 atom stereocenters. The molecule has 0 aliphatic rings. The lowest BCUT2D eigenvalue weighted by atomic mass is 10.2. The molecule has 0 rings (SSSR count). The van der Waals surface area contributed by atoms with E-state index < -0.39 is 23.8 Å². The predicted molar refractivity (Wildman–Crippen MR) is 52.0 cm³/mol. The Morgan fingerprint density at radius 1 is 1.47 bits per heavy atom. The van der Waals surface area contributed by atoms with Gasteiger partial charge in [-0.3, -0.25) is 19.8 Å². The van der Waals surface area contributed by atoms with Gasteiger partial charge in [0.25, 0.3) is 0 Å². The topological polar surface area (TPSA) is 113 Å². The van der Waals surface area contributed by atoms with Crippen LogP contribution < -0.4 is 11.1 Å². The van der Waals surface area contributed by atoms with Crippen molar-refractivity contribution in [3.63, 3.8) is 0 Å². The molecule has 15 heavy (non-hydrogen) atoms. The molecule has 0 spiro atoms. The summed E-state index contributed by atoms with van der Waals surface area (Å²) in [6.45, 7) is 1.69. The number of urea groups is 1. The van der Waals surface area contributed by atoms with Gasteiger partial charge in [0.05, 0.1) is 12.5 Å². The third-order valence-electron chi connectivity index (χ3n) is 1.68. The molecule has 86 valence electrons. The molecule has 0 saturated carbocycles. The first-order valence-corrected chi connectivity index (χ1v) is 4.33. The molecular weight excluding hydrogens is 202 g/mol. The Balaban J connectivity index is 3.92. The van der Waals surface area contributed by atoms with E-state index in [0.29, 0.717) is 0 Å². The number of hydrogen-bond donors (Lipinski definition) is 3. The van der Waals surface area contributed by atoms with E-state index in [1.807, 2.05) is 5.32 Å². The summed E-state index contributed by atoms with van der Waals surface area (Å²) in [5.74, 6) is -2.06. The second kappa shape index (κ2) is 5.97. The number of primary amides is 1. The van der Waals surface area contributed by atoms with E-state index in [2.05, 4.69) is 0 Å². The van der Waals surface area contributed by atoms with E-state index in [9.17, 15) is 14.4 Å². The third kappa shape index (κ3) is 6.44. The molecule has 0 fully saturated rings. The molecule has 0 radical (unpaired) electrons. The van der Waals surface area contributed by atoms with Gasteiger partial charge in [-0.15, -0.1) is 0 Å². The number of nitrogens with two attached hydrogens (primary N) is 1. The highest BCUT2D eigenvalue weighted by atomic mass is 16.4. The van der Waals surface area contributed by atoms with Crippen LogP contribution in [0.25, 0.3) is 0 Å². The fourth-order valence-corrected chi connectivity index (χ4v) is 1.03. The van der Waals surface area contributed by atoms with Gasteiger partial charge in [0, 0.05) is 6.54 Å². The zero-order chi connectivity index (χ0) is 12.0. The van der Waals surface area contributed by atoms with Gasteiger partial charge in [-0.2, -0.15) is 0 Å². The van der Waals surface area contributed by atoms with Crippen molar-refractivity contribution in [2.45, 2.75) is 6.92 Å². The fourth-order valence-electron chi connectivity index (χ4n) is 1.03. The number of amides is 3. The minimum Gasteiger partial charge on any atom is -0.481 e. The Labute approximate surface area is 87.2 Å². The summed E-state index contributed by atoms with van der Waals surface area (Å²) in [6.07, 6.45) is 0.